The lowest BCUT2D eigenvalue weighted by Crippen LogP contribution is -2.44. The summed E-state index contributed by atoms with van der Waals surface area (Å²) < 4.78 is 28.6. The molecule has 2 aromatic rings. The van der Waals surface area contributed by atoms with E-state index in [4.69, 9.17) is 34.7 Å². The average Bonchev–Trinajstić information content (AvgIpc) is 2.81. The van der Waals surface area contributed by atoms with Gasteiger partial charge in [-0.25, -0.2) is 0 Å². The molecule has 4 N–H and O–H groups in total. The zero-order valence-electron chi connectivity index (χ0n) is 23.3. The first-order valence-corrected chi connectivity index (χ1v) is 15.4. The number of carbonyl (C=O) groups excluding carboxylic acids is 2. The number of rotatable bonds is 4. The van der Waals surface area contributed by atoms with Gasteiger partial charge in [0.05, 0.1) is 4.90 Å². The standard InChI is InChI=1S/C30H32Cl2N4O4S/c1-29(2)12-21-26(23(37)14-29)25(19-10-5-16(31)11-20(19)32)27-22(13-30(3,4)15-24(27)38)36(21)17-6-8-18(9-7-17)41(39,40)35-28(33)34/h5-11,25H,12-15H2,1-4H3,(H4,33,34,35). The third kappa shape index (κ3) is 5.43. The highest BCUT2D eigenvalue weighted by Crippen LogP contribution is 2.56. The van der Waals surface area contributed by atoms with Crippen LogP contribution in [0.3, 0.4) is 0 Å². The molecule has 0 spiro atoms. The van der Waals surface area contributed by atoms with Crippen molar-refractivity contribution in [2.75, 3.05) is 4.90 Å². The van der Waals surface area contributed by atoms with Crippen molar-refractivity contribution in [3.05, 3.63) is 80.6 Å². The molecule has 0 saturated carbocycles. The number of sulfonamides is 1. The highest BCUT2D eigenvalue weighted by atomic mass is 35.5. The summed E-state index contributed by atoms with van der Waals surface area (Å²) in [7, 11) is -4.10. The Morgan fingerprint density at radius 1 is 0.854 bits per heavy atom. The number of nitrogens with zero attached hydrogens (tertiary/aromatic N) is 2. The average molecular weight is 616 g/mol. The Hall–Kier alpha value is -3.14. The highest BCUT2D eigenvalue weighted by molar-refractivity contribution is 7.90. The number of anilines is 1. The number of carbonyl (C=O) groups is 2. The molecule has 3 aliphatic rings. The van der Waals surface area contributed by atoms with Crippen LogP contribution in [0.4, 0.5) is 5.69 Å². The molecular formula is C30H32Cl2N4O4S. The lowest BCUT2D eigenvalue weighted by Gasteiger charge is -2.49. The van der Waals surface area contributed by atoms with Gasteiger partial charge >= 0.3 is 0 Å². The minimum atomic E-state index is -4.10. The van der Waals surface area contributed by atoms with E-state index < -0.39 is 21.9 Å². The van der Waals surface area contributed by atoms with Gasteiger partial charge in [0.1, 0.15) is 0 Å². The number of allylic oxidation sites excluding steroid dienone is 4. The molecule has 0 fully saturated rings. The third-order valence-electron chi connectivity index (χ3n) is 7.80. The van der Waals surface area contributed by atoms with Gasteiger partial charge in [0.15, 0.2) is 11.6 Å². The molecule has 1 aliphatic heterocycles. The van der Waals surface area contributed by atoms with Crippen LogP contribution in [0, 0.1) is 10.8 Å². The molecule has 0 unspecified atom stereocenters. The number of hydrogen-bond donors (Lipinski definition) is 2. The van der Waals surface area contributed by atoms with Gasteiger partial charge in [0.2, 0.25) is 5.96 Å². The number of nitrogens with two attached hydrogens (primary N) is 2. The molecule has 41 heavy (non-hydrogen) atoms. The van der Waals surface area contributed by atoms with Crippen LogP contribution < -0.4 is 16.4 Å². The molecule has 8 nitrogen and oxygen atoms in total. The van der Waals surface area contributed by atoms with Gasteiger partial charge in [0, 0.05) is 57.0 Å². The minimum absolute atomic E-state index is 0.0478. The molecule has 1 heterocycles. The number of hydrogen-bond acceptors (Lipinski definition) is 5. The quantitative estimate of drug-likeness (QED) is 0.326. The van der Waals surface area contributed by atoms with E-state index in [2.05, 4.69) is 4.40 Å². The van der Waals surface area contributed by atoms with Gasteiger partial charge < -0.3 is 16.4 Å². The van der Waals surface area contributed by atoms with Crippen molar-refractivity contribution in [2.45, 2.75) is 64.2 Å². The first-order valence-electron chi connectivity index (χ1n) is 13.2. The van der Waals surface area contributed by atoms with E-state index >= 15 is 0 Å². The normalized spacial score (nSPS) is 20.6. The molecule has 2 aliphatic carbocycles. The molecular weight excluding hydrogens is 583 g/mol. The summed E-state index contributed by atoms with van der Waals surface area (Å²) in [4.78, 5) is 29.9. The number of ketones is 2. The van der Waals surface area contributed by atoms with Crippen molar-refractivity contribution in [1.82, 2.24) is 0 Å². The number of guanidine groups is 1. The summed E-state index contributed by atoms with van der Waals surface area (Å²) in [5.74, 6) is -1.29. The Balaban J connectivity index is 1.79. The minimum Gasteiger partial charge on any atom is -0.369 e. The molecule has 0 bridgehead atoms. The zero-order valence-corrected chi connectivity index (χ0v) is 25.6. The molecule has 0 atom stereocenters. The van der Waals surface area contributed by atoms with Gasteiger partial charge in [-0.1, -0.05) is 57.0 Å². The first kappa shape index (κ1) is 29.4. The van der Waals surface area contributed by atoms with Crippen molar-refractivity contribution in [1.29, 1.82) is 0 Å². The fourth-order valence-corrected chi connectivity index (χ4v) is 7.66. The Labute approximate surface area is 250 Å². The maximum absolute atomic E-state index is 14.0. The van der Waals surface area contributed by atoms with Crippen LogP contribution in [0.1, 0.15) is 64.9 Å². The van der Waals surface area contributed by atoms with E-state index in [1.165, 1.54) is 12.1 Å². The van der Waals surface area contributed by atoms with Crippen LogP contribution in [-0.2, 0) is 19.6 Å². The van der Waals surface area contributed by atoms with Gasteiger partial charge in [-0.2, -0.15) is 8.42 Å². The van der Waals surface area contributed by atoms with Gasteiger partial charge in [-0.3, -0.25) is 9.59 Å². The third-order valence-corrected chi connectivity index (χ3v) is 9.68. The predicted octanol–water partition coefficient (Wildman–Crippen LogP) is 5.85. The van der Waals surface area contributed by atoms with Crippen LogP contribution in [0.2, 0.25) is 10.0 Å². The summed E-state index contributed by atoms with van der Waals surface area (Å²) in [6.07, 6.45) is 1.77. The largest absolute Gasteiger partial charge is 0.369 e. The Morgan fingerprint density at radius 2 is 1.37 bits per heavy atom. The van der Waals surface area contributed by atoms with Crippen LogP contribution >= 0.6 is 23.2 Å². The van der Waals surface area contributed by atoms with Crippen LogP contribution in [0.5, 0.6) is 0 Å². The smallest absolute Gasteiger partial charge is 0.285 e. The lowest BCUT2D eigenvalue weighted by molar-refractivity contribution is -0.119. The molecule has 0 amide bonds. The second kappa shape index (κ2) is 10.00. The molecule has 0 saturated heterocycles. The van der Waals surface area contributed by atoms with Gasteiger partial charge in [-0.15, -0.1) is 4.40 Å². The summed E-state index contributed by atoms with van der Waals surface area (Å²) >= 11 is 13.0. The van der Waals surface area contributed by atoms with Crippen LogP contribution in [-0.4, -0.2) is 25.9 Å². The first-order chi connectivity index (χ1) is 19.0. The van der Waals surface area contributed by atoms with E-state index in [1.54, 1.807) is 30.3 Å². The number of Topliss-reactive ketones (excluding diaryl/α,β-unsaturated/α-hetero) is 2. The van der Waals surface area contributed by atoms with Crippen molar-refractivity contribution in [3.8, 4) is 0 Å². The lowest BCUT2D eigenvalue weighted by atomic mass is 9.63. The second-order valence-corrected chi connectivity index (χ2v) is 15.0. The van der Waals surface area contributed by atoms with Crippen LogP contribution in [0.25, 0.3) is 0 Å². The van der Waals surface area contributed by atoms with E-state index in [-0.39, 0.29) is 27.3 Å². The van der Waals surface area contributed by atoms with Crippen LogP contribution in [0.15, 0.2) is 74.3 Å². The van der Waals surface area contributed by atoms with Crippen molar-refractivity contribution >= 4 is 56.4 Å². The monoisotopic (exact) mass is 614 g/mol. The summed E-state index contributed by atoms with van der Waals surface area (Å²) in [5.41, 5.74) is 13.9. The fourth-order valence-electron chi connectivity index (χ4n) is 6.28. The maximum atomic E-state index is 14.0. The molecule has 216 valence electrons. The zero-order chi connectivity index (χ0) is 30.1. The molecule has 5 rings (SSSR count). The molecule has 0 radical (unpaired) electrons. The Kier molecular flexibility index (Phi) is 7.16. The van der Waals surface area contributed by atoms with E-state index in [0.717, 1.165) is 11.4 Å². The summed E-state index contributed by atoms with van der Waals surface area (Å²) in [5, 5.41) is 0.849. The topological polar surface area (TPSA) is 136 Å². The fraction of sp³-hybridized carbons (Fsp3) is 0.367. The predicted molar refractivity (Wildman–Crippen MR) is 161 cm³/mol. The van der Waals surface area contributed by atoms with Crippen molar-refractivity contribution in [2.24, 2.45) is 26.7 Å². The molecule has 2 aromatic carbocycles. The van der Waals surface area contributed by atoms with Crippen molar-refractivity contribution in [3.63, 3.8) is 0 Å². The van der Waals surface area contributed by atoms with E-state index in [9.17, 15) is 18.0 Å². The van der Waals surface area contributed by atoms with Crippen molar-refractivity contribution < 1.29 is 18.0 Å². The number of halogens is 2. The summed E-state index contributed by atoms with van der Waals surface area (Å²) in [6, 6.07) is 11.3. The second-order valence-electron chi connectivity index (χ2n) is 12.5. The highest BCUT2D eigenvalue weighted by Gasteiger charge is 2.49. The Morgan fingerprint density at radius 3 is 1.83 bits per heavy atom. The van der Waals surface area contributed by atoms with Gasteiger partial charge in [-0.05, 0) is 65.6 Å². The molecule has 0 aromatic heterocycles. The number of benzene rings is 2. The van der Waals surface area contributed by atoms with Gasteiger partial charge in [0.25, 0.3) is 10.0 Å². The Bertz CT molecular complexity index is 1630. The van der Waals surface area contributed by atoms with E-state index in [1.807, 2.05) is 32.6 Å². The van der Waals surface area contributed by atoms with E-state index in [0.29, 0.717) is 58.1 Å². The summed E-state index contributed by atoms with van der Waals surface area (Å²) in [6.45, 7) is 8.17. The SMILES string of the molecule is CC1(C)CC(=O)C2=C(C1)N(c1ccc(S(=O)(=O)N=C(N)N)cc1)C1=C(C(=O)CC(C)(C)C1)C2c1ccc(Cl)cc1Cl. The molecule has 11 heteroatoms. The maximum Gasteiger partial charge on any atom is 0.285 e.